The first-order chi connectivity index (χ1) is 19.4. The van der Waals surface area contributed by atoms with E-state index >= 15 is 0 Å². The van der Waals surface area contributed by atoms with Crippen molar-refractivity contribution in [2.75, 3.05) is 20.3 Å². The summed E-state index contributed by atoms with van der Waals surface area (Å²) >= 11 is 0. The first-order valence-corrected chi connectivity index (χ1v) is 21.2. The van der Waals surface area contributed by atoms with Gasteiger partial charge in [0.2, 0.25) is 0 Å². The highest BCUT2D eigenvalue weighted by molar-refractivity contribution is 6.74. The molecule has 1 aromatic carbocycles. The minimum atomic E-state index is -2.21. The number of rotatable bonds is 18. The second-order valence-corrected chi connectivity index (χ2v) is 24.2. The van der Waals surface area contributed by atoms with E-state index in [4.69, 9.17) is 18.3 Å². The number of benzene rings is 1. The summed E-state index contributed by atoms with van der Waals surface area (Å²) in [4.78, 5) is 15.4. The molecule has 0 spiro atoms. The molecule has 0 N–H and O–H groups in total. The maximum absolute atomic E-state index is 12.2. The summed E-state index contributed by atoms with van der Waals surface area (Å²) in [6.07, 6.45) is 1.95. The quantitative estimate of drug-likeness (QED) is 0.0406. The highest BCUT2D eigenvalue weighted by Crippen LogP contribution is 2.42. The zero-order chi connectivity index (χ0) is 32.2. The van der Waals surface area contributed by atoms with Crippen molar-refractivity contribution in [1.82, 2.24) is 0 Å². The largest absolute Gasteiger partial charge is 0.469 e. The summed E-state index contributed by atoms with van der Waals surface area (Å²) in [7, 11) is -2.84. The number of carbonyl (C=O) groups is 1. The van der Waals surface area contributed by atoms with Gasteiger partial charge in [0.1, 0.15) is 0 Å². The van der Waals surface area contributed by atoms with Gasteiger partial charge in [-0.2, -0.15) is 0 Å². The molecule has 10 heteroatoms. The van der Waals surface area contributed by atoms with Crippen molar-refractivity contribution in [3.63, 3.8) is 0 Å². The number of carbonyl (C=O) groups excluding carboxylic acids is 1. The fraction of sp³-hybridized carbons (Fsp3) is 0.781. The second-order valence-electron chi connectivity index (χ2n) is 14.6. The predicted molar refractivity (Wildman–Crippen MR) is 177 cm³/mol. The van der Waals surface area contributed by atoms with Crippen molar-refractivity contribution in [2.24, 2.45) is 17.0 Å². The van der Waals surface area contributed by atoms with Crippen LogP contribution in [0.2, 0.25) is 36.3 Å². The van der Waals surface area contributed by atoms with Crippen LogP contribution in [0.3, 0.4) is 0 Å². The smallest absolute Gasteiger partial charge is 0.305 e. The van der Waals surface area contributed by atoms with Crippen molar-refractivity contribution in [2.45, 2.75) is 129 Å². The lowest BCUT2D eigenvalue weighted by molar-refractivity contribution is -0.141. The van der Waals surface area contributed by atoms with Crippen molar-refractivity contribution in [3.05, 3.63) is 46.3 Å². The Morgan fingerprint density at radius 3 is 2.10 bits per heavy atom. The molecule has 0 aromatic heterocycles. The number of hydrogen-bond donors (Lipinski definition) is 0. The lowest BCUT2D eigenvalue weighted by Gasteiger charge is -2.45. The molecule has 0 aliphatic rings. The van der Waals surface area contributed by atoms with Crippen molar-refractivity contribution in [1.29, 1.82) is 0 Å². The standard InChI is InChI=1S/C32H59N3O5Si2/c1-25(23-39-41(9,10)31(2,3)4)30(27(34-35-33)20-21-29(36)37-8)28(40-42(11,12)32(5,6)7)19-16-22-38-24-26-17-14-13-15-18-26/h13-15,17-18,25,27-28,30H,16,19-24H2,1-12H3/t25-,27+,28-,30-/m1/s1. The molecule has 1 aromatic rings. The molecule has 4 atom stereocenters. The topological polar surface area (TPSA) is 103 Å². The number of esters is 1. The van der Waals surface area contributed by atoms with Crippen molar-refractivity contribution < 1.29 is 23.1 Å². The predicted octanol–water partition coefficient (Wildman–Crippen LogP) is 9.28. The van der Waals surface area contributed by atoms with Gasteiger partial charge >= 0.3 is 5.97 Å². The SMILES string of the molecule is COC(=O)CC[C@H](N=[N+]=[N-])[C@@H]([C@H](C)CO[Si](C)(C)C(C)(C)C)[C@@H](CCCOCc1ccccc1)O[Si](C)(C)C(C)(C)C. The first kappa shape index (κ1) is 38.3. The van der Waals surface area contributed by atoms with E-state index in [0.29, 0.717) is 26.2 Å². The van der Waals surface area contributed by atoms with E-state index < -0.39 is 22.7 Å². The normalized spacial score (nSPS) is 15.8. The molecule has 240 valence electrons. The van der Waals surface area contributed by atoms with Crippen LogP contribution in [-0.2, 0) is 29.7 Å². The summed E-state index contributed by atoms with van der Waals surface area (Å²) in [5, 5.41) is 4.35. The third-order valence-electron chi connectivity index (χ3n) is 9.26. The molecule has 0 unspecified atom stereocenters. The average molecular weight is 622 g/mol. The Labute approximate surface area is 258 Å². The Hall–Kier alpha value is -1.69. The van der Waals surface area contributed by atoms with Gasteiger partial charge in [-0.05, 0) is 78.5 Å². The molecular weight excluding hydrogens is 563 g/mol. The van der Waals surface area contributed by atoms with Crippen LogP contribution < -0.4 is 0 Å². The number of hydrogen-bond acceptors (Lipinski definition) is 6. The molecule has 0 heterocycles. The van der Waals surface area contributed by atoms with Crippen molar-refractivity contribution >= 4 is 22.6 Å². The Morgan fingerprint density at radius 1 is 0.976 bits per heavy atom. The van der Waals surface area contributed by atoms with Crippen LogP contribution >= 0.6 is 0 Å². The summed E-state index contributed by atoms with van der Waals surface area (Å²) in [5.74, 6) is -0.418. The van der Waals surface area contributed by atoms with Crippen molar-refractivity contribution in [3.8, 4) is 0 Å². The lowest BCUT2D eigenvalue weighted by Crippen LogP contribution is -2.50. The number of azide groups is 1. The zero-order valence-electron chi connectivity index (χ0n) is 28.5. The molecule has 0 aliphatic carbocycles. The third kappa shape index (κ3) is 12.5. The highest BCUT2D eigenvalue weighted by Gasteiger charge is 2.44. The van der Waals surface area contributed by atoms with Crippen LogP contribution in [0.4, 0.5) is 0 Å². The third-order valence-corrected chi connectivity index (χ3v) is 18.3. The minimum Gasteiger partial charge on any atom is -0.469 e. The van der Waals surface area contributed by atoms with Crippen LogP contribution in [0.5, 0.6) is 0 Å². The average Bonchev–Trinajstić information content (AvgIpc) is 2.89. The summed E-state index contributed by atoms with van der Waals surface area (Å²) in [5.41, 5.74) is 10.8. The summed E-state index contributed by atoms with van der Waals surface area (Å²) in [6, 6.07) is 9.73. The molecule has 42 heavy (non-hydrogen) atoms. The van der Waals surface area contributed by atoms with Gasteiger partial charge in [0, 0.05) is 36.7 Å². The van der Waals surface area contributed by atoms with Crippen LogP contribution in [0, 0.1) is 11.8 Å². The van der Waals surface area contributed by atoms with Gasteiger partial charge in [-0.25, -0.2) is 0 Å². The fourth-order valence-electron chi connectivity index (χ4n) is 4.46. The minimum absolute atomic E-state index is 0.000492. The summed E-state index contributed by atoms with van der Waals surface area (Å²) in [6.45, 7) is 26.3. The number of nitrogens with zero attached hydrogens (tertiary/aromatic N) is 3. The molecule has 8 nitrogen and oxygen atoms in total. The van der Waals surface area contributed by atoms with E-state index in [1.54, 1.807) is 0 Å². The summed E-state index contributed by atoms with van der Waals surface area (Å²) < 4.78 is 24.8. The Balaban J connectivity index is 3.36. The number of ether oxygens (including phenoxy) is 2. The molecule has 0 radical (unpaired) electrons. The highest BCUT2D eigenvalue weighted by atomic mass is 28.4. The zero-order valence-corrected chi connectivity index (χ0v) is 30.5. The molecule has 0 saturated heterocycles. The Kier molecular flexibility index (Phi) is 15.5. The van der Waals surface area contributed by atoms with Gasteiger partial charge in [0.15, 0.2) is 16.6 Å². The second kappa shape index (κ2) is 17.0. The van der Waals surface area contributed by atoms with E-state index in [0.717, 1.165) is 18.4 Å². The molecular formula is C32H59N3O5Si2. The fourth-order valence-corrected chi connectivity index (χ4v) is 6.96. The van der Waals surface area contributed by atoms with Gasteiger partial charge in [-0.15, -0.1) is 0 Å². The van der Waals surface area contributed by atoms with Gasteiger partial charge in [0.25, 0.3) is 0 Å². The Bertz CT molecular complexity index is 986. The first-order valence-electron chi connectivity index (χ1n) is 15.4. The van der Waals surface area contributed by atoms with Gasteiger partial charge in [-0.1, -0.05) is 83.9 Å². The Morgan fingerprint density at radius 2 is 1.57 bits per heavy atom. The van der Waals surface area contributed by atoms with Gasteiger partial charge in [0.05, 0.1) is 13.7 Å². The number of methoxy groups -OCH3 is 1. The van der Waals surface area contributed by atoms with Crippen LogP contribution in [-0.4, -0.2) is 55.1 Å². The van der Waals surface area contributed by atoms with E-state index in [-0.39, 0.29) is 40.4 Å². The lowest BCUT2D eigenvalue weighted by atomic mass is 9.80. The molecule has 0 fully saturated rings. The van der Waals surface area contributed by atoms with E-state index in [9.17, 15) is 10.3 Å². The monoisotopic (exact) mass is 621 g/mol. The van der Waals surface area contributed by atoms with Crippen LogP contribution in [0.1, 0.15) is 79.7 Å². The van der Waals surface area contributed by atoms with Gasteiger partial charge < -0.3 is 18.3 Å². The molecule has 0 aliphatic heterocycles. The van der Waals surface area contributed by atoms with Gasteiger partial charge in [-0.3, -0.25) is 4.79 Å². The maximum Gasteiger partial charge on any atom is 0.305 e. The molecule has 0 amide bonds. The van der Waals surface area contributed by atoms with Crippen LogP contribution in [0.15, 0.2) is 35.4 Å². The van der Waals surface area contributed by atoms with Crippen LogP contribution in [0.25, 0.3) is 10.4 Å². The van der Waals surface area contributed by atoms with E-state index in [2.05, 4.69) is 96.8 Å². The maximum atomic E-state index is 12.2. The van der Waals surface area contributed by atoms with E-state index in [1.165, 1.54) is 7.11 Å². The van der Waals surface area contributed by atoms with E-state index in [1.807, 2.05) is 18.2 Å². The molecule has 0 saturated carbocycles. The molecule has 1 rings (SSSR count). The molecule has 0 bridgehead atoms.